The molecule has 0 aliphatic heterocycles. The van der Waals surface area contributed by atoms with Crippen LogP contribution in [0.3, 0.4) is 0 Å². The molecule has 1 unspecified atom stereocenters. The summed E-state index contributed by atoms with van der Waals surface area (Å²) in [6.45, 7) is 2.42. The van der Waals surface area contributed by atoms with Gasteiger partial charge in [-0.25, -0.2) is 4.57 Å². The van der Waals surface area contributed by atoms with Gasteiger partial charge in [-0.2, -0.15) is 0 Å². The van der Waals surface area contributed by atoms with Gasteiger partial charge >= 0.3 is 7.82 Å². The Morgan fingerprint density at radius 2 is 1.07 bits per heavy atom. The summed E-state index contributed by atoms with van der Waals surface area (Å²) in [5.41, 5.74) is -0.279. The number of nitrogens with two attached hydrogens (primary N) is 1. The zero-order chi connectivity index (χ0) is 32.9. The molecule has 0 saturated heterocycles. The highest BCUT2D eigenvalue weighted by Gasteiger charge is 2.49. The number of carbonyl (C=O) groups excluding carboxylic acids is 2. The summed E-state index contributed by atoms with van der Waals surface area (Å²) in [7, 11) is -4.99. The van der Waals surface area contributed by atoms with E-state index in [-0.39, 0.29) is 12.8 Å². The third-order valence-electron chi connectivity index (χ3n) is 8.08. The molecule has 0 saturated carbocycles. The predicted octanol–water partition coefficient (Wildman–Crippen LogP) is 7.71. The molecule has 0 aromatic rings. The number of aliphatic hydroxyl groups excluding tert-OH is 2. The molecule has 0 radical (unpaired) electrons. The molecule has 5 N–H and O–H groups in total. The number of hydrogen-bond acceptors (Lipinski definition) is 8. The van der Waals surface area contributed by atoms with E-state index >= 15 is 0 Å². The smallest absolute Gasteiger partial charge is 0.394 e. The lowest BCUT2D eigenvalue weighted by Crippen LogP contribution is -2.54. The van der Waals surface area contributed by atoms with Gasteiger partial charge in [-0.15, -0.1) is 0 Å². The van der Waals surface area contributed by atoms with Crippen molar-refractivity contribution < 1.29 is 39.7 Å². The molecule has 10 heteroatoms. The molecule has 0 aliphatic carbocycles. The fourth-order valence-corrected chi connectivity index (χ4v) is 6.32. The van der Waals surface area contributed by atoms with E-state index in [9.17, 15) is 24.2 Å². The maximum absolute atomic E-state index is 13.5. The number of hydrogen-bond donors (Lipinski definition) is 4. The lowest BCUT2D eigenvalue weighted by atomic mass is 9.87. The van der Waals surface area contributed by atoms with E-state index in [1.54, 1.807) is 0 Å². The van der Waals surface area contributed by atoms with Gasteiger partial charge in [-0.3, -0.25) is 18.6 Å². The summed E-state index contributed by atoms with van der Waals surface area (Å²) in [6, 6.07) is 0. The minimum absolute atomic E-state index is 0.0258. The first-order valence-electron chi connectivity index (χ1n) is 17.9. The number of carbonyl (C=O) groups is 2. The fourth-order valence-electron chi connectivity index (χ4n) is 5.25. The molecule has 0 amide bonds. The summed E-state index contributed by atoms with van der Waals surface area (Å²) in [6.07, 6.45) is 22.6. The van der Waals surface area contributed by atoms with Gasteiger partial charge in [0.1, 0.15) is 7.52 Å². The minimum Gasteiger partial charge on any atom is -0.394 e. The van der Waals surface area contributed by atoms with Crippen LogP contribution in [0.5, 0.6) is 0 Å². The Morgan fingerprint density at radius 1 is 0.721 bits per heavy atom. The van der Waals surface area contributed by atoms with Crippen molar-refractivity contribution >= 4 is 19.4 Å². The second-order valence-electron chi connectivity index (χ2n) is 12.1. The number of phosphoric acid groups is 1. The molecule has 0 aromatic heterocycles. The van der Waals surface area contributed by atoms with Gasteiger partial charge in [0.05, 0.1) is 13.2 Å². The maximum Gasteiger partial charge on any atom is 0.473 e. The SMILES string of the molecule is [2H]NCC(OP(=O)(O)OC[C@H](O)CO)(C(=O)CCCCCCCCCCCCC)C(=O)CCCCCCCCCCCCC. The van der Waals surface area contributed by atoms with E-state index < -0.39 is 50.9 Å². The van der Waals surface area contributed by atoms with E-state index in [2.05, 4.69) is 19.6 Å². The molecule has 9 nitrogen and oxygen atoms in total. The van der Waals surface area contributed by atoms with Crippen LogP contribution in [-0.2, 0) is 23.2 Å². The summed E-state index contributed by atoms with van der Waals surface area (Å²) in [4.78, 5) is 37.3. The van der Waals surface area contributed by atoms with Gasteiger partial charge in [-0.05, 0) is 12.8 Å². The van der Waals surface area contributed by atoms with Crippen LogP contribution in [-0.4, -0.2) is 58.1 Å². The molecule has 0 bridgehead atoms. The van der Waals surface area contributed by atoms with Gasteiger partial charge in [0.15, 0.2) is 11.6 Å². The Labute approximate surface area is 264 Å². The molecule has 43 heavy (non-hydrogen) atoms. The van der Waals surface area contributed by atoms with Crippen molar-refractivity contribution in [3.8, 4) is 0 Å². The average molecular weight is 637 g/mol. The Bertz CT molecular complexity index is 719. The first-order chi connectivity index (χ1) is 21.2. The van der Waals surface area contributed by atoms with Crippen LogP contribution in [0.4, 0.5) is 0 Å². The Morgan fingerprint density at radius 3 is 1.40 bits per heavy atom. The van der Waals surface area contributed by atoms with Crippen LogP contribution >= 0.6 is 7.82 Å². The summed E-state index contributed by atoms with van der Waals surface area (Å²) < 4.78 is 30.4. The normalized spacial score (nSPS) is 14.4. The molecule has 0 aromatic carbocycles. The van der Waals surface area contributed by atoms with Crippen LogP contribution in [0.25, 0.3) is 0 Å². The first-order valence-corrected chi connectivity index (χ1v) is 18.9. The van der Waals surface area contributed by atoms with Crippen molar-refractivity contribution in [2.24, 2.45) is 5.73 Å². The van der Waals surface area contributed by atoms with E-state index in [4.69, 9.17) is 15.6 Å². The molecular weight excluding hydrogens is 569 g/mol. The number of aliphatic hydroxyl groups is 2. The third-order valence-corrected chi connectivity index (χ3v) is 9.09. The standard InChI is InChI=1S/C33H66NO8P/c1-3-5-7-9-11-13-15-17-19-21-23-25-31(37)33(29-34,42-43(39,40)41-28-30(36)27-35)32(38)26-24-22-20-18-16-14-12-10-8-6-4-2/h30,35-36H,3-29,34H2,1-2H3,(H,39,40)/t30-/m1/s1/i/hD. The van der Waals surface area contributed by atoms with Crippen LogP contribution in [0, 0.1) is 0 Å². The second-order valence-corrected chi connectivity index (χ2v) is 13.5. The van der Waals surface area contributed by atoms with E-state index in [0.29, 0.717) is 12.8 Å². The molecule has 2 atom stereocenters. The Balaban J connectivity index is 4.98. The molecule has 0 heterocycles. The van der Waals surface area contributed by atoms with Gasteiger partial charge in [0.2, 0.25) is 5.60 Å². The van der Waals surface area contributed by atoms with Crippen molar-refractivity contribution in [1.82, 2.24) is 0 Å². The first kappa shape index (κ1) is 40.4. The lowest BCUT2D eigenvalue weighted by Gasteiger charge is -2.31. The Hall–Kier alpha value is -0.670. The quantitative estimate of drug-likeness (QED) is 0.0315. The molecule has 0 spiro atoms. The molecule has 0 aliphatic rings. The van der Waals surface area contributed by atoms with Crippen molar-refractivity contribution in [1.29, 1.82) is 0 Å². The highest BCUT2D eigenvalue weighted by Crippen LogP contribution is 2.48. The highest BCUT2D eigenvalue weighted by atomic mass is 31.2. The average Bonchev–Trinajstić information content (AvgIpc) is 3.00. The Kier molecular flexibility index (Phi) is 25.9. The summed E-state index contributed by atoms with van der Waals surface area (Å²) >= 11 is 0. The van der Waals surface area contributed by atoms with Crippen molar-refractivity contribution in [2.45, 2.75) is 180 Å². The second kappa shape index (κ2) is 27.6. The van der Waals surface area contributed by atoms with E-state index in [1.807, 2.05) is 0 Å². The zero-order valence-electron chi connectivity index (χ0n) is 28.5. The van der Waals surface area contributed by atoms with E-state index in [1.165, 1.54) is 77.0 Å². The number of unbranched alkanes of at least 4 members (excludes halogenated alkanes) is 20. The zero-order valence-corrected chi connectivity index (χ0v) is 28.4. The number of phosphoric ester groups is 1. The molecule has 0 fully saturated rings. The van der Waals surface area contributed by atoms with E-state index in [0.717, 1.165) is 51.4 Å². The summed E-state index contributed by atoms with van der Waals surface area (Å²) in [5, 5.41) is 18.5. The maximum atomic E-state index is 13.5. The van der Waals surface area contributed by atoms with Gasteiger partial charge in [-0.1, -0.05) is 142 Å². The lowest BCUT2D eigenvalue weighted by molar-refractivity contribution is -0.149. The monoisotopic (exact) mass is 636 g/mol. The number of rotatable bonds is 34. The summed E-state index contributed by atoms with van der Waals surface area (Å²) in [5.74, 6) is -1.30. The van der Waals surface area contributed by atoms with Crippen molar-refractivity contribution in [3.63, 3.8) is 0 Å². The number of Topliss-reactive ketones (excluding diaryl/α,β-unsaturated/α-hetero) is 2. The molecule has 0 rings (SSSR count). The third kappa shape index (κ3) is 21.7. The van der Waals surface area contributed by atoms with Gasteiger partial charge in [0.25, 0.3) is 0 Å². The van der Waals surface area contributed by atoms with Crippen molar-refractivity contribution in [2.75, 3.05) is 19.8 Å². The fraction of sp³-hybridized carbons (Fsp3) is 0.939. The van der Waals surface area contributed by atoms with Crippen molar-refractivity contribution in [3.05, 3.63) is 0 Å². The van der Waals surface area contributed by atoms with Crippen LogP contribution in [0.2, 0.25) is 1.41 Å². The number of ketones is 2. The minimum atomic E-state index is -4.99. The van der Waals surface area contributed by atoms with Crippen LogP contribution < -0.4 is 5.73 Å². The van der Waals surface area contributed by atoms with Gasteiger partial charge in [0, 0.05) is 19.4 Å². The molecule has 256 valence electrons. The topological polar surface area (TPSA) is 156 Å². The van der Waals surface area contributed by atoms with Gasteiger partial charge < -0.3 is 20.8 Å². The molecular formula is C33H66NO8P. The highest BCUT2D eigenvalue weighted by molar-refractivity contribution is 7.47. The van der Waals surface area contributed by atoms with Crippen LogP contribution in [0.15, 0.2) is 0 Å². The van der Waals surface area contributed by atoms with Crippen LogP contribution in [0.1, 0.15) is 168 Å². The predicted molar refractivity (Wildman–Crippen MR) is 174 cm³/mol. The largest absolute Gasteiger partial charge is 0.473 e.